The Morgan fingerprint density at radius 3 is 2.82 bits per heavy atom. The first-order valence-electron chi connectivity index (χ1n) is 9.05. The highest BCUT2D eigenvalue weighted by atomic mass is 32.1. The Balaban J connectivity index is 1.53. The lowest BCUT2D eigenvalue weighted by molar-refractivity contribution is -0.116. The molecule has 3 aromatic rings. The van der Waals surface area contributed by atoms with Crippen LogP contribution in [0.2, 0.25) is 0 Å². The number of benzene rings is 1. The molecule has 3 heterocycles. The highest BCUT2D eigenvalue weighted by Gasteiger charge is 2.26. The fourth-order valence-corrected chi connectivity index (χ4v) is 5.00. The molecule has 0 radical (unpaired) electrons. The number of thiazole rings is 2. The maximum absolute atomic E-state index is 12.8. The number of nitrogens with one attached hydrogen (secondary N) is 1. The molecule has 4 rings (SSSR count). The third-order valence-electron chi connectivity index (χ3n) is 4.53. The molecule has 2 amide bonds. The molecule has 2 aromatic heterocycles. The Morgan fingerprint density at radius 2 is 2.11 bits per heavy atom. The monoisotopic (exact) mass is 416 g/mol. The Labute approximate surface area is 170 Å². The smallest absolute Gasteiger partial charge is 0.269 e. The minimum atomic E-state index is -0.263. The van der Waals surface area contributed by atoms with Gasteiger partial charge in [0.05, 0.1) is 28.6 Å². The summed E-state index contributed by atoms with van der Waals surface area (Å²) in [6, 6.07) is 7.73. The lowest BCUT2D eigenvalue weighted by atomic mass is 10.2. The van der Waals surface area contributed by atoms with E-state index in [1.165, 1.54) is 29.6 Å². The summed E-state index contributed by atoms with van der Waals surface area (Å²) in [5.74, 6) is -0.372. The predicted molar refractivity (Wildman–Crippen MR) is 111 cm³/mol. The van der Waals surface area contributed by atoms with Crippen molar-refractivity contribution in [3.05, 3.63) is 34.8 Å². The average molecular weight is 417 g/mol. The molecule has 1 aliphatic heterocycles. The van der Waals surface area contributed by atoms with E-state index in [9.17, 15) is 9.59 Å². The van der Waals surface area contributed by atoms with Crippen LogP contribution in [-0.2, 0) is 9.53 Å². The topological polar surface area (TPSA) is 84.4 Å². The van der Waals surface area contributed by atoms with E-state index in [0.29, 0.717) is 27.4 Å². The lowest BCUT2D eigenvalue weighted by Gasteiger charge is -2.21. The highest BCUT2D eigenvalue weighted by Crippen LogP contribution is 2.30. The van der Waals surface area contributed by atoms with E-state index in [0.717, 1.165) is 29.7 Å². The van der Waals surface area contributed by atoms with Crippen molar-refractivity contribution in [1.29, 1.82) is 0 Å². The van der Waals surface area contributed by atoms with Gasteiger partial charge in [-0.15, -0.1) is 0 Å². The molecule has 1 atom stereocenters. The highest BCUT2D eigenvalue weighted by molar-refractivity contribution is 7.22. The van der Waals surface area contributed by atoms with E-state index in [1.54, 1.807) is 11.8 Å². The van der Waals surface area contributed by atoms with Gasteiger partial charge in [0.1, 0.15) is 4.88 Å². The normalized spacial score (nSPS) is 16.4. The van der Waals surface area contributed by atoms with E-state index in [1.807, 2.05) is 24.3 Å². The number of fused-ring (bicyclic) bond motifs is 1. The first-order valence-corrected chi connectivity index (χ1v) is 10.7. The van der Waals surface area contributed by atoms with Crippen molar-refractivity contribution in [2.24, 2.45) is 0 Å². The second-order valence-corrected chi connectivity index (χ2v) is 8.62. The molecule has 1 fully saturated rings. The second kappa shape index (κ2) is 7.94. The van der Waals surface area contributed by atoms with Crippen LogP contribution in [0.1, 0.15) is 35.1 Å². The molecule has 0 bridgehead atoms. The van der Waals surface area contributed by atoms with Crippen molar-refractivity contribution in [1.82, 2.24) is 9.97 Å². The maximum Gasteiger partial charge on any atom is 0.269 e. The molecule has 7 nitrogen and oxygen atoms in total. The number of amides is 2. The number of para-hydroxylation sites is 1. The number of rotatable bonds is 5. The molecular formula is C19H20N4O3S2. The minimum Gasteiger partial charge on any atom is -0.376 e. The SMILES string of the molecule is CC(=O)N(C[C@H]1CCCO1)c1nc(C)c(C(=O)Nc2nc3ccccc3s2)s1. The number of aryl methyl sites for hydroxylation is 1. The summed E-state index contributed by atoms with van der Waals surface area (Å²) in [6.45, 7) is 4.47. The predicted octanol–water partition coefficient (Wildman–Crippen LogP) is 3.85. The Morgan fingerprint density at radius 1 is 1.29 bits per heavy atom. The molecule has 0 spiro atoms. The molecule has 1 N–H and O–H groups in total. The lowest BCUT2D eigenvalue weighted by Crippen LogP contribution is -2.35. The summed E-state index contributed by atoms with van der Waals surface area (Å²) in [5, 5.41) is 3.92. The quantitative estimate of drug-likeness (QED) is 0.683. The molecule has 1 aliphatic rings. The first-order chi connectivity index (χ1) is 13.5. The summed E-state index contributed by atoms with van der Waals surface area (Å²) < 4.78 is 6.66. The number of hydrogen-bond donors (Lipinski definition) is 1. The number of carbonyl (C=O) groups excluding carboxylic acids is 2. The second-order valence-electron chi connectivity index (χ2n) is 6.62. The molecule has 1 aromatic carbocycles. The standard InChI is InChI=1S/C19H20N4O3S2/c1-11-16(17(25)22-18-21-14-7-3-4-8-15(14)27-18)28-19(20-11)23(12(2)24)10-13-6-5-9-26-13/h3-4,7-8,13H,5-6,9-10H2,1-2H3,(H,21,22,25)/t13-/m1/s1. The zero-order chi connectivity index (χ0) is 19.7. The van der Waals surface area contributed by atoms with E-state index in [4.69, 9.17) is 4.74 Å². The van der Waals surface area contributed by atoms with E-state index in [-0.39, 0.29) is 17.9 Å². The van der Waals surface area contributed by atoms with Gasteiger partial charge in [0, 0.05) is 13.5 Å². The minimum absolute atomic E-state index is 0.0214. The molecule has 9 heteroatoms. The van der Waals surface area contributed by atoms with Crippen molar-refractivity contribution >= 4 is 55.0 Å². The fraction of sp³-hybridized carbons (Fsp3) is 0.368. The van der Waals surface area contributed by atoms with Gasteiger partial charge in [-0.3, -0.25) is 19.8 Å². The van der Waals surface area contributed by atoms with Gasteiger partial charge in [-0.25, -0.2) is 9.97 Å². The van der Waals surface area contributed by atoms with Crippen LogP contribution in [0.15, 0.2) is 24.3 Å². The number of nitrogens with zero attached hydrogens (tertiary/aromatic N) is 3. The van der Waals surface area contributed by atoms with Gasteiger partial charge >= 0.3 is 0 Å². The first kappa shape index (κ1) is 19.0. The summed E-state index contributed by atoms with van der Waals surface area (Å²) in [6.07, 6.45) is 1.95. The molecule has 0 saturated carbocycles. The van der Waals surface area contributed by atoms with Gasteiger partial charge < -0.3 is 4.74 Å². The van der Waals surface area contributed by atoms with Crippen LogP contribution in [0, 0.1) is 6.92 Å². The number of hydrogen-bond acceptors (Lipinski definition) is 7. The number of carbonyl (C=O) groups is 2. The van der Waals surface area contributed by atoms with Gasteiger partial charge in [-0.05, 0) is 31.9 Å². The average Bonchev–Trinajstić information content (AvgIpc) is 3.38. The Bertz CT molecular complexity index is 990. The van der Waals surface area contributed by atoms with Crippen molar-refractivity contribution < 1.29 is 14.3 Å². The van der Waals surface area contributed by atoms with Crippen LogP contribution < -0.4 is 10.2 Å². The van der Waals surface area contributed by atoms with Crippen LogP contribution in [0.4, 0.5) is 10.3 Å². The van der Waals surface area contributed by atoms with Crippen LogP contribution in [0.25, 0.3) is 10.2 Å². The Hall–Kier alpha value is -2.36. The van der Waals surface area contributed by atoms with Crippen LogP contribution in [-0.4, -0.2) is 41.0 Å². The van der Waals surface area contributed by atoms with Crippen molar-refractivity contribution in [2.45, 2.75) is 32.8 Å². The zero-order valence-electron chi connectivity index (χ0n) is 15.6. The number of ether oxygens (including phenoxy) is 1. The summed E-state index contributed by atoms with van der Waals surface area (Å²) in [5.41, 5.74) is 1.45. The van der Waals surface area contributed by atoms with Crippen molar-refractivity contribution in [3.63, 3.8) is 0 Å². The molecule has 0 unspecified atom stereocenters. The zero-order valence-corrected chi connectivity index (χ0v) is 17.2. The van der Waals surface area contributed by atoms with Crippen LogP contribution in [0.3, 0.4) is 0 Å². The maximum atomic E-state index is 12.8. The summed E-state index contributed by atoms with van der Waals surface area (Å²) in [4.78, 5) is 35.9. The molecular weight excluding hydrogens is 396 g/mol. The van der Waals surface area contributed by atoms with E-state index < -0.39 is 0 Å². The summed E-state index contributed by atoms with van der Waals surface area (Å²) >= 11 is 2.64. The summed E-state index contributed by atoms with van der Waals surface area (Å²) in [7, 11) is 0. The molecule has 1 saturated heterocycles. The Kier molecular flexibility index (Phi) is 5.38. The van der Waals surface area contributed by atoms with Crippen molar-refractivity contribution in [3.8, 4) is 0 Å². The van der Waals surface area contributed by atoms with Crippen LogP contribution in [0.5, 0.6) is 0 Å². The molecule has 28 heavy (non-hydrogen) atoms. The van der Waals surface area contributed by atoms with Crippen molar-refractivity contribution in [2.75, 3.05) is 23.4 Å². The van der Waals surface area contributed by atoms with E-state index in [2.05, 4.69) is 15.3 Å². The van der Waals surface area contributed by atoms with Gasteiger partial charge in [-0.2, -0.15) is 0 Å². The molecule has 146 valence electrons. The number of aromatic nitrogens is 2. The van der Waals surface area contributed by atoms with Gasteiger partial charge in [0.2, 0.25) is 5.91 Å². The third-order valence-corrected chi connectivity index (χ3v) is 6.66. The molecule has 0 aliphatic carbocycles. The van der Waals surface area contributed by atoms with Crippen LogP contribution >= 0.6 is 22.7 Å². The third kappa shape index (κ3) is 3.91. The fourth-order valence-electron chi connectivity index (χ4n) is 3.12. The van der Waals surface area contributed by atoms with Gasteiger partial charge in [0.15, 0.2) is 10.3 Å². The van der Waals surface area contributed by atoms with E-state index >= 15 is 0 Å². The largest absolute Gasteiger partial charge is 0.376 e. The number of anilines is 2. The van der Waals surface area contributed by atoms with Gasteiger partial charge in [-0.1, -0.05) is 34.8 Å². The van der Waals surface area contributed by atoms with Gasteiger partial charge in [0.25, 0.3) is 5.91 Å².